The lowest BCUT2D eigenvalue weighted by Crippen LogP contribution is -1.93. The van der Waals surface area contributed by atoms with Crippen LogP contribution in [0.25, 0.3) is 0 Å². The molecular weight excluding hydrogens is 333 g/mol. The SMILES string of the molecule is COOS(=S)(=S)SSSSSS. The first-order chi connectivity index (χ1) is 5.62. The van der Waals surface area contributed by atoms with Crippen LogP contribution in [0.1, 0.15) is 0 Å². The van der Waals surface area contributed by atoms with E-state index in [1.807, 2.05) is 0 Å². The third-order valence-electron chi connectivity index (χ3n) is 0.348. The predicted molar refractivity (Wildman–Crippen MR) is 77.1 cm³/mol. The van der Waals surface area contributed by atoms with Gasteiger partial charge >= 0.3 is 0 Å². The molecule has 2 nitrogen and oxygen atoms in total. The maximum Gasteiger partial charge on any atom is 0.115 e. The largest absolute Gasteiger partial charge is 0.226 e. The molecule has 0 N–H and O–H groups in total. The highest BCUT2D eigenvalue weighted by atomic mass is 34.0. The van der Waals surface area contributed by atoms with Crippen LogP contribution >= 0.6 is 60.8 Å². The van der Waals surface area contributed by atoms with E-state index >= 15 is 0 Å². The fourth-order valence-corrected chi connectivity index (χ4v) is 16.0. The van der Waals surface area contributed by atoms with Crippen molar-refractivity contribution in [1.82, 2.24) is 0 Å². The third-order valence-corrected chi connectivity index (χ3v) is 15.4. The minimum absolute atomic E-state index is 1.32. The van der Waals surface area contributed by atoms with E-state index in [0.717, 1.165) is 0 Å². The van der Waals surface area contributed by atoms with Crippen molar-refractivity contribution in [2.24, 2.45) is 0 Å². The summed E-state index contributed by atoms with van der Waals surface area (Å²) in [5.74, 6) is 0. The van der Waals surface area contributed by atoms with Crippen LogP contribution in [0.5, 0.6) is 0 Å². The van der Waals surface area contributed by atoms with Crippen molar-refractivity contribution < 1.29 is 9.22 Å². The van der Waals surface area contributed by atoms with E-state index in [2.05, 4.69) is 16.5 Å². The van der Waals surface area contributed by atoms with Crippen molar-refractivity contribution >= 4 is 89.6 Å². The number of hydrogen-bond acceptors (Lipinski definition) is 10. The van der Waals surface area contributed by atoms with Gasteiger partial charge in [-0.1, -0.05) is 11.7 Å². The lowest BCUT2D eigenvalue weighted by Gasteiger charge is -2.04. The van der Waals surface area contributed by atoms with Crippen molar-refractivity contribution in [3.63, 3.8) is 0 Å². The molecule has 0 aliphatic rings. The van der Waals surface area contributed by atoms with Crippen molar-refractivity contribution in [2.45, 2.75) is 0 Å². The maximum atomic E-state index is 4.94. The Hall–Kier alpha value is 2.81. The highest BCUT2D eigenvalue weighted by Gasteiger charge is 2.04. The highest BCUT2D eigenvalue weighted by molar-refractivity contribution is 9.46. The van der Waals surface area contributed by atoms with E-state index in [0.29, 0.717) is 0 Å². The molecule has 0 saturated carbocycles. The Labute approximate surface area is 105 Å². The fourth-order valence-electron chi connectivity index (χ4n) is 0.164. The van der Waals surface area contributed by atoms with Gasteiger partial charge in [0.15, 0.2) is 0 Å². The van der Waals surface area contributed by atoms with Gasteiger partial charge in [0.05, 0.1) is 7.11 Å². The number of hydrogen-bond donors (Lipinski definition) is 1. The van der Waals surface area contributed by atoms with E-state index in [4.69, 9.17) is 26.7 Å². The summed E-state index contributed by atoms with van der Waals surface area (Å²) in [5, 5.41) is 0. The average molecular weight is 337 g/mol. The molecule has 0 heterocycles. The molecule has 12 heavy (non-hydrogen) atoms. The molecule has 11 heteroatoms. The van der Waals surface area contributed by atoms with Crippen molar-refractivity contribution in [2.75, 3.05) is 7.11 Å². The molecular formula is CH4O2S9. The molecule has 0 aliphatic carbocycles. The molecule has 0 aromatic rings. The predicted octanol–water partition coefficient (Wildman–Crippen LogP) is 3.64. The summed E-state index contributed by atoms with van der Waals surface area (Å²) < 4.78 is 4.72. The van der Waals surface area contributed by atoms with Crippen LogP contribution in [0, 0.1) is 0 Å². The quantitative estimate of drug-likeness (QED) is 0.245. The van der Waals surface area contributed by atoms with Gasteiger partial charge in [0.25, 0.3) is 0 Å². The minimum atomic E-state index is -1.96. The topological polar surface area (TPSA) is 18.5 Å². The van der Waals surface area contributed by atoms with E-state index in [-0.39, 0.29) is 0 Å². The first-order valence-electron chi connectivity index (χ1n) is 2.09. The summed E-state index contributed by atoms with van der Waals surface area (Å²) in [5.41, 5.74) is 0. The summed E-state index contributed by atoms with van der Waals surface area (Å²) in [4.78, 5) is 4.42. The standard InChI is InChI=1S/CH4O2S9/c1-2-3-12(5,6)11-10-9-8-7-4/h4H,1H3. The van der Waals surface area contributed by atoms with Crippen LogP contribution < -0.4 is 0 Å². The molecule has 0 spiro atoms. The average Bonchev–Trinajstić information content (AvgIpc) is 1.98. The Morgan fingerprint density at radius 2 is 1.92 bits per heavy atom. The summed E-state index contributed by atoms with van der Waals surface area (Å²) in [7, 11) is 8.64. The van der Waals surface area contributed by atoms with Crippen molar-refractivity contribution in [3.8, 4) is 0 Å². The molecule has 0 aromatic carbocycles. The summed E-state index contributed by atoms with van der Waals surface area (Å²) >= 11 is 13.8. The van der Waals surface area contributed by atoms with Gasteiger partial charge in [0.2, 0.25) is 0 Å². The monoisotopic (exact) mass is 336 g/mol. The van der Waals surface area contributed by atoms with Gasteiger partial charge in [0.1, 0.15) is 6.46 Å². The molecule has 0 saturated heterocycles. The normalized spacial score (nSPS) is 11.8. The van der Waals surface area contributed by atoms with E-state index in [9.17, 15) is 0 Å². The Kier molecular flexibility index (Phi) is 11.2. The second-order valence-corrected chi connectivity index (χ2v) is 17.1. The van der Waals surface area contributed by atoms with Crippen LogP contribution in [0.4, 0.5) is 0 Å². The maximum absolute atomic E-state index is 4.94. The molecule has 0 fully saturated rings. The van der Waals surface area contributed by atoms with Crippen molar-refractivity contribution in [1.29, 1.82) is 0 Å². The Bertz CT molecular complexity index is 183. The van der Waals surface area contributed by atoms with Gasteiger partial charge in [0, 0.05) is 29.5 Å². The summed E-state index contributed by atoms with van der Waals surface area (Å²) in [6.07, 6.45) is 0. The van der Waals surface area contributed by atoms with Gasteiger partial charge in [-0.05, 0) is 42.0 Å². The second kappa shape index (κ2) is 9.07. The third kappa shape index (κ3) is 9.37. The Balaban J connectivity index is 3.48. The first kappa shape index (κ1) is 14.8. The van der Waals surface area contributed by atoms with E-state index < -0.39 is 6.46 Å². The lowest BCUT2D eigenvalue weighted by molar-refractivity contribution is -0.160. The minimum Gasteiger partial charge on any atom is -0.226 e. The van der Waals surface area contributed by atoms with Gasteiger partial charge in [-0.15, -0.1) is 4.33 Å². The van der Waals surface area contributed by atoms with E-state index in [1.165, 1.54) is 46.4 Å². The second-order valence-electron chi connectivity index (χ2n) is 0.990. The van der Waals surface area contributed by atoms with Gasteiger partial charge < -0.3 is 0 Å². The van der Waals surface area contributed by atoms with Crippen LogP contribution in [0.2, 0.25) is 0 Å². The zero-order chi connectivity index (χ0) is 9.45. The Morgan fingerprint density at radius 1 is 1.25 bits per heavy atom. The van der Waals surface area contributed by atoms with Crippen LogP contribution in [0.3, 0.4) is 0 Å². The number of thiol groups is 1. The molecule has 0 unspecified atom stereocenters. The molecule has 0 amide bonds. The zero-order valence-electron chi connectivity index (χ0n) is 5.53. The van der Waals surface area contributed by atoms with Gasteiger partial charge in [-0.25, -0.2) is 4.89 Å². The smallest absolute Gasteiger partial charge is 0.115 e. The van der Waals surface area contributed by atoms with Crippen LogP contribution in [-0.2, 0) is 38.1 Å². The molecule has 0 atom stereocenters. The van der Waals surface area contributed by atoms with Crippen molar-refractivity contribution in [3.05, 3.63) is 0 Å². The molecule has 0 bridgehead atoms. The summed E-state index contributed by atoms with van der Waals surface area (Å²) in [6.45, 7) is -1.96. The molecule has 0 aromatic heterocycles. The van der Waals surface area contributed by atoms with E-state index in [1.54, 1.807) is 9.83 Å². The highest BCUT2D eigenvalue weighted by Crippen LogP contribution is 2.51. The molecule has 0 radical (unpaired) electrons. The van der Waals surface area contributed by atoms with Gasteiger partial charge in [-0.2, -0.15) is 0 Å². The Morgan fingerprint density at radius 3 is 2.42 bits per heavy atom. The first-order valence-corrected chi connectivity index (χ1v) is 13.2. The molecule has 0 rings (SSSR count). The number of rotatable bonds is 7. The zero-order valence-corrected chi connectivity index (χ0v) is 13.0. The lowest BCUT2D eigenvalue weighted by atomic mass is 11.8. The molecule has 0 aliphatic heterocycles. The molecule has 74 valence electrons. The summed E-state index contributed by atoms with van der Waals surface area (Å²) in [6, 6.07) is 0. The fraction of sp³-hybridized carbons (Fsp3) is 1.00. The van der Waals surface area contributed by atoms with Crippen LogP contribution in [0.15, 0.2) is 0 Å². The van der Waals surface area contributed by atoms with Gasteiger partial charge in [-0.3, -0.25) is 0 Å². The van der Waals surface area contributed by atoms with Crippen LogP contribution in [-0.4, -0.2) is 7.11 Å².